The molecule has 0 atom stereocenters. The maximum atomic E-state index is 6.08. The van der Waals surface area contributed by atoms with E-state index in [2.05, 4.69) is 20.5 Å². The van der Waals surface area contributed by atoms with Crippen molar-refractivity contribution in [3.63, 3.8) is 0 Å². The molecular formula is C16H15ClN4. The van der Waals surface area contributed by atoms with Gasteiger partial charge in [0.25, 0.3) is 0 Å². The zero-order valence-corrected chi connectivity index (χ0v) is 12.4. The molecule has 0 bridgehead atoms. The lowest BCUT2D eigenvalue weighted by Gasteiger charge is -2.09. The summed E-state index contributed by atoms with van der Waals surface area (Å²) in [5.74, 6) is 0.852. The van der Waals surface area contributed by atoms with E-state index in [9.17, 15) is 0 Å². The van der Waals surface area contributed by atoms with E-state index < -0.39 is 0 Å². The molecule has 1 aromatic carbocycles. The van der Waals surface area contributed by atoms with Gasteiger partial charge in [-0.25, -0.2) is 4.98 Å². The summed E-state index contributed by atoms with van der Waals surface area (Å²) in [4.78, 5) is 4.40. The van der Waals surface area contributed by atoms with Crippen LogP contribution in [0.25, 0.3) is 22.4 Å². The van der Waals surface area contributed by atoms with Crippen molar-refractivity contribution < 1.29 is 0 Å². The molecule has 5 heteroatoms. The smallest absolute Gasteiger partial charge is 0.133 e. The molecular weight excluding hydrogens is 284 g/mol. The maximum absolute atomic E-state index is 6.08. The van der Waals surface area contributed by atoms with Gasteiger partial charge in [-0.2, -0.15) is 5.10 Å². The van der Waals surface area contributed by atoms with Crippen LogP contribution in [0.15, 0.2) is 48.8 Å². The fourth-order valence-corrected chi connectivity index (χ4v) is 2.47. The van der Waals surface area contributed by atoms with E-state index >= 15 is 0 Å². The molecule has 0 spiro atoms. The van der Waals surface area contributed by atoms with Crippen molar-refractivity contribution in [3.8, 4) is 22.4 Å². The highest BCUT2D eigenvalue weighted by Crippen LogP contribution is 2.34. The number of aromatic nitrogens is 3. The normalized spacial score (nSPS) is 10.6. The number of pyridine rings is 1. The highest BCUT2D eigenvalue weighted by Gasteiger charge is 2.14. The van der Waals surface area contributed by atoms with Crippen molar-refractivity contribution >= 4 is 17.4 Å². The quantitative estimate of drug-likeness (QED) is 0.758. The maximum Gasteiger partial charge on any atom is 0.133 e. The number of nitrogens with zero attached hydrogens (tertiary/aromatic N) is 2. The fourth-order valence-electron chi connectivity index (χ4n) is 2.28. The Kier molecular flexibility index (Phi) is 3.88. The van der Waals surface area contributed by atoms with Crippen LogP contribution in [-0.4, -0.2) is 21.7 Å². The molecule has 0 aliphatic rings. The predicted octanol–water partition coefficient (Wildman–Crippen LogP) is 4.22. The molecule has 3 rings (SSSR count). The molecule has 2 aromatic heterocycles. The molecule has 0 unspecified atom stereocenters. The van der Waals surface area contributed by atoms with E-state index in [1.807, 2.05) is 49.5 Å². The minimum absolute atomic E-state index is 0.694. The molecule has 3 aromatic rings. The largest absolute Gasteiger partial charge is 0.370 e. The Morgan fingerprint density at radius 1 is 1.19 bits per heavy atom. The molecule has 0 aliphatic carbocycles. The number of hydrogen-bond donors (Lipinski definition) is 2. The Labute approximate surface area is 128 Å². The molecule has 0 radical (unpaired) electrons. The summed E-state index contributed by atoms with van der Waals surface area (Å²) in [6.45, 7) is 2.86. The molecule has 0 saturated heterocycles. The molecule has 0 aliphatic heterocycles. The molecule has 21 heavy (non-hydrogen) atoms. The van der Waals surface area contributed by atoms with Gasteiger partial charge in [0.1, 0.15) is 11.5 Å². The molecule has 2 N–H and O–H groups in total. The Morgan fingerprint density at radius 3 is 2.90 bits per heavy atom. The summed E-state index contributed by atoms with van der Waals surface area (Å²) >= 11 is 6.08. The Hall–Kier alpha value is -2.33. The van der Waals surface area contributed by atoms with Gasteiger partial charge in [0.05, 0.1) is 0 Å². The van der Waals surface area contributed by atoms with Gasteiger partial charge in [-0.15, -0.1) is 0 Å². The van der Waals surface area contributed by atoms with Crippen LogP contribution in [0.4, 0.5) is 5.82 Å². The summed E-state index contributed by atoms with van der Waals surface area (Å²) < 4.78 is 0. The lowest BCUT2D eigenvalue weighted by molar-refractivity contribution is 1.10. The van der Waals surface area contributed by atoms with Crippen LogP contribution in [0.3, 0.4) is 0 Å². The van der Waals surface area contributed by atoms with Gasteiger partial charge >= 0.3 is 0 Å². The zero-order valence-electron chi connectivity index (χ0n) is 11.6. The number of nitrogens with one attached hydrogen (secondary N) is 2. The average molecular weight is 299 g/mol. The van der Waals surface area contributed by atoms with Crippen LogP contribution in [0.1, 0.15) is 6.92 Å². The third-order valence-electron chi connectivity index (χ3n) is 3.18. The molecule has 0 saturated carbocycles. The average Bonchev–Trinajstić information content (AvgIpc) is 2.97. The van der Waals surface area contributed by atoms with Crippen LogP contribution < -0.4 is 5.32 Å². The number of anilines is 1. The Morgan fingerprint density at radius 2 is 2.10 bits per heavy atom. The van der Waals surface area contributed by atoms with Crippen molar-refractivity contribution in [2.75, 3.05) is 11.9 Å². The third kappa shape index (κ3) is 2.76. The van der Waals surface area contributed by atoms with Crippen molar-refractivity contribution in [2.45, 2.75) is 6.92 Å². The van der Waals surface area contributed by atoms with Crippen molar-refractivity contribution in [1.29, 1.82) is 0 Å². The van der Waals surface area contributed by atoms with Gasteiger partial charge in [0.15, 0.2) is 0 Å². The summed E-state index contributed by atoms with van der Waals surface area (Å²) in [6, 6.07) is 11.6. The summed E-state index contributed by atoms with van der Waals surface area (Å²) in [5, 5.41) is 11.3. The minimum Gasteiger partial charge on any atom is -0.370 e. The van der Waals surface area contributed by atoms with Crippen molar-refractivity contribution in [3.05, 3.63) is 53.8 Å². The van der Waals surface area contributed by atoms with E-state index in [0.717, 1.165) is 34.7 Å². The van der Waals surface area contributed by atoms with E-state index in [1.54, 1.807) is 6.20 Å². The molecule has 4 nitrogen and oxygen atoms in total. The zero-order chi connectivity index (χ0) is 14.7. The first kappa shape index (κ1) is 13.6. The topological polar surface area (TPSA) is 53.6 Å². The number of rotatable bonds is 4. The van der Waals surface area contributed by atoms with Gasteiger partial charge in [0.2, 0.25) is 0 Å². The van der Waals surface area contributed by atoms with E-state index in [4.69, 9.17) is 11.6 Å². The van der Waals surface area contributed by atoms with Crippen LogP contribution in [-0.2, 0) is 0 Å². The van der Waals surface area contributed by atoms with Crippen LogP contribution in [0.5, 0.6) is 0 Å². The van der Waals surface area contributed by atoms with Crippen molar-refractivity contribution in [1.82, 2.24) is 15.2 Å². The summed E-state index contributed by atoms with van der Waals surface area (Å²) in [5.41, 5.74) is 3.86. The van der Waals surface area contributed by atoms with Gasteiger partial charge in [-0.1, -0.05) is 23.7 Å². The first-order valence-corrected chi connectivity index (χ1v) is 7.16. The third-order valence-corrected chi connectivity index (χ3v) is 3.42. The molecule has 0 amide bonds. The van der Waals surface area contributed by atoms with Crippen molar-refractivity contribution in [2.24, 2.45) is 0 Å². The minimum atomic E-state index is 0.694. The van der Waals surface area contributed by atoms with E-state index in [-0.39, 0.29) is 0 Å². The number of hydrogen-bond acceptors (Lipinski definition) is 3. The van der Waals surface area contributed by atoms with Gasteiger partial charge in [-0.3, -0.25) is 5.10 Å². The SMILES string of the molecule is CCNc1ncccc1-c1c[nH]nc1-c1cccc(Cl)c1. The molecule has 106 valence electrons. The summed E-state index contributed by atoms with van der Waals surface area (Å²) in [7, 11) is 0. The van der Waals surface area contributed by atoms with E-state index in [0.29, 0.717) is 5.02 Å². The van der Waals surface area contributed by atoms with Gasteiger partial charge in [-0.05, 0) is 31.2 Å². The number of halogens is 1. The lowest BCUT2D eigenvalue weighted by Crippen LogP contribution is -2.01. The highest BCUT2D eigenvalue weighted by atomic mass is 35.5. The van der Waals surface area contributed by atoms with Gasteiger partial charge in [0, 0.05) is 40.7 Å². The predicted molar refractivity (Wildman–Crippen MR) is 86.4 cm³/mol. The van der Waals surface area contributed by atoms with Gasteiger partial charge < -0.3 is 5.32 Å². The Balaban J connectivity index is 2.11. The monoisotopic (exact) mass is 298 g/mol. The lowest BCUT2D eigenvalue weighted by atomic mass is 10.0. The Bertz CT molecular complexity index is 751. The number of H-pyrrole nitrogens is 1. The number of benzene rings is 1. The van der Waals surface area contributed by atoms with Crippen LogP contribution in [0.2, 0.25) is 5.02 Å². The fraction of sp³-hybridized carbons (Fsp3) is 0.125. The molecule has 0 fully saturated rings. The standard InChI is InChI=1S/C16H15ClN4/c1-2-18-16-13(7-4-8-19-16)14-10-20-21-15(14)11-5-3-6-12(17)9-11/h3-10H,2H2,1H3,(H,18,19)(H,20,21). The first-order chi connectivity index (χ1) is 10.3. The summed E-state index contributed by atoms with van der Waals surface area (Å²) in [6.07, 6.45) is 3.66. The number of aromatic amines is 1. The first-order valence-electron chi connectivity index (χ1n) is 6.78. The highest BCUT2D eigenvalue weighted by molar-refractivity contribution is 6.30. The second-order valence-corrected chi connectivity index (χ2v) is 5.02. The molecule has 2 heterocycles. The second-order valence-electron chi connectivity index (χ2n) is 4.59. The second kappa shape index (κ2) is 5.97. The van der Waals surface area contributed by atoms with Crippen LogP contribution in [0, 0.1) is 0 Å². The van der Waals surface area contributed by atoms with E-state index in [1.165, 1.54) is 0 Å². The van der Waals surface area contributed by atoms with Crippen LogP contribution >= 0.6 is 11.6 Å².